The van der Waals surface area contributed by atoms with E-state index in [1.807, 2.05) is 48.5 Å². The molecule has 5 heteroatoms. The van der Waals surface area contributed by atoms with E-state index in [-0.39, 0.29) is 12.0 Å². The van der Waals surface area contributed by atoms with Crippen LogP contribution in [0.25, 0.3) is 39.0 Å². The summed E-state index contributed by atoms with van der Waals surface area (Å²) in [5.74, 6) is 2.57. The van der Waals surface area contributed by atoms with Gasteiger partial charge in [0.2, 0.25) is 0 Å². The highest BCUT2D eigenvalue weighted by molar-refractivity contribution is 6.09. The van der Waals surface area contributed by atoms with Crippen molar-refractivity contribution in [1.82, 2.24) is 14.5 Å². The van der Waals surface area contributed by atoms with Crippen molar-refractivity contribution in [1.29, 1.82) is 5.26 Å². The molecule has 40 heavy (non-hydrogen) atoms. The van der Waals surface area contributed by atoms with Gasteiger partial charge >= 0.3 is 0 Å². The minimum Gasteiger partial charge on any atom is -0.318 e. The van der Waals surface area contributed by atoms with E-state index >= 15 is 0 Å². The Hall–Kier alpha value is -5.47. The van der Waals surface area contributed by atoms with Crippen molar-refractivity contribution in [2.24, 2.45) is 0 Å². The molecule has 0 saturated carbocycles. The van der Waals surface area contributed by atoms with Gasteiger partial charge in [-0.05, 0) is 35.9 Å². The summed E-state index contributed by atoms with van der Waals surface area (Å²) < 4.78 is 2.19. The molecule has 6 aromatic rings. The Morgan fingerprint density at radius 2 is 1.43 bits per heavy atom. The Balaban J connectivity index is 1.42. The van der Waals surface area contributed by atoms with E-state index in [1.54, 1.807) is 0 Å². The predicted octanol–water partition coefficient (Wildman–Crippen LogP) is 7.84. The van der Waals surface area contributed by atoms with Gasteiger partial charge in [-0.1, -0.05) is 91.0 Å². The van der Waals surface area contributed by atoms with Crippen LogP contribution in [0.15, 0.2) is 127 Å². The lowest BCUT2D eigenvalue weighted by atomic mass is 9.91. The molecule has 2 aromatic heterocycles. The molecule has 5 nitrogen and oxygen atoms in total. The number of nitriles is 1. The smallest absolute Gasteiger partial charge is 0.163 e. The SMILES string of the molecule is N#Cc1ccc2c(c1)c1ccccc1n2-c1cc(N2c3ccccc3C3C=CC=CC32)nc(-c2ccccc2)n1. The van der Waals surface area contributed by atoms with Crippen LogP contribution in [-0.4, -0.2) is 20.6 Å². The summed E-state index contributed by atoms with van der Waals surface area (Å²) >= 11 is 0. The number of anilines is 2. The fourth-order valence-electron chi connectivity index (χ4n) is 6.22. The summed E-state index contributed by atoms with van der Waals surface area (Å²) in [5, 5.41) is 11.7. The Labute approximate surface area is 231 Å². The Morgan fingerprint density at radius 1 is 0.675 bits per heavy atom. The number of hydrogen-bond acceptors (Lipinski definition) is 4. The highest BCUT2D eigenvalue weighted by Gasteiger charge is 2.38. The lowest BCUT2D eigenvalue weighted by molar-refractivity contribution is 0.737. The second kappa shape index (κ2) is 8.79. The molecular formula is C35H23N5. The van der Waals surface area contributed by atoms with Crippen LogP contribution in [0.4, 0.5) is 11.5 Å². The van der Waals surface area contributed by atoms with Gasteiger partial charge < -0.3 is 4.90 Å². The first-order chi connectivity index (χ1) is 19.8. The molecule has 0 N–H and O–H groups in total. The van der Waals surface area contributed by atoms with Crippen LogP contribution >= 0.6 is 0 Å². The fraction of sp³-hybridized carbons (Fsp3) is 0.0571. The van der Waals surface area contributed by atoms with Crippen molar-refractivity contribution in [3.8, 4) is 23.3 Å². The predicted molar refractivity (Wildman–Crippen MR) is 160 cm³/mol. The molecule has 1 aliphatic heterocycles. The molecule has 0 radical (unpaired) electrons. The number of allylic oxidation sites excluding steroid dienone is 2. The summed E-state index contributed by atoms with van der Waals surface area (Å²) in [6.45, 7) is 0. The van der Waals surface area contributed by atoms with Gasteiger partial charge in [0.25, 0.3) is 0 Å². The number of rotatable bonds is 3. The highest BCUT2D eigenvalue weighted by Crippen LogP contribution is 2.47. The number of para-hydroxylation sites is 2. The zero-order valence-electron chi connectivity index (χ0n) is 21.5. The van der Waals surface area contributed by atoms with Gasteiger partial charge in [-0.3, -0.25) is 4.57 Å². The Bertz CT molecular complexity index is 2040. The van der Waals surface area contributed by atoms with Crippen molar-refractivity contribution in [2.75, 3.05) is 4.90 Å². The number of aromatic nitrogens is 3. The second-order valence-corrected chi connectivity index (χ2v) is 10.2. The topological polar surface area (TPSA) is 57.7 Å². The fourth-order valence-corrected chi connectivity index (χ4v) is 6.22. The zero-order chi connectivity index (χ0) is 26.6. The summed E-state index contributed by atoms with van der Waals surface area (Å²) in [6.07, 6.45) is 8.80. The van der Waals surface area contributed by atoms with Crippen LogP contribution in [0.5, 0.6) is 0 Å². The van der Waals surface area contributed by atoms with Gasteiger partial charge in [-0.15, -0.1) is 0 Å². The van der Waals surface area contributed by atoms with Gasteiger partial charge in [0.05, 0.1) is 28.7 Å². The summed E-state index contributed by atoms with van der Waals surface area (Å²) in [5.41, 5.74) is 6.11. The molecule has 2 unspecified atom stereocenters. The van der Waals surface area contributed by atoms with E-state index in [0.717, 1.165) is 39.0 Å². The first-order valence-corrected chi connectivity index (χ1v) is 13.4. The van der Waals surface area contributed by atoms with Crippen LogP contribution in [0.3, 0.4) is 0 Å². The third-order valence-corrected chi connectivity index (χ3v) is 7.97. The number of nitrogens with zero attached hydrogens (tertiary/aromatic N) is 5. The van der Waals surface area contributed by atoms with E-state index in [0.29, 0.717) is 11.4 Å². The third kappa shape index (κ3) is 3.33. The van der Waals surface area contributed by atoms with Gasteiger partial charge in [-0.25, -0.2) is 9.97 Å². The normalized spacial score (nSPS) is 17.2. The summed E-state index contributed by atoms with van der Waals surface area (Å²) in [7, 11) is 0. The lowest BCUT2D eigenvalue weighted by Crippen LogP contribution is -2.29. The van der Waals surface area contributed by atoms with E-state index in [1.165, 1.54) is 11.3 Å². The standard InChI is InChI=1S/C35H23N5/c36-22-23-18-19-32-28(20-23)27-14-6-9-17-31(27)40(32)34-21-33(37-35(38-34)24-10-2-1-3-11-24)39-29-15-7-4-12-25(29)26-13-5-8-16-30(26)39/h1-21,25,29H. The van der Waals surface area contributed by atoms with Crippen LogP contribution in [0.2, 0.25) is 0 Å². The molecule has 1 aliphatic carbocycles. The minimum absolute atomic E-state index is 0.130. The molecular weight excluding hydrogens is 490 g/mol. The van der Waals surface area contributed by atoms with Gasteiger partial charge in [0.15, 0.2) is 5.82 Å². The quantitative estimate of drug-likeness (QED) is 0.242. The Morgan fingerprint density at radius 3 is 2.33 bits per heavy atom. The van der Waals surface area contributed by atoms with E-state index in [2.05, 4.69) is 94.4 Å². The highest BCUT2D eigenvalue weighted by atomic mass is 15.3. The number of fused-ring (bicyclic) bond motifs is 6. The summed E-state index contributed by atoms with van der Waals surface area (Å²) in [6, 6.07) is 37.4. The molecule has 2 atom stereocenters. The molecule has 0 saturated heterocycles. The molecule has 3 heterocycles. The maximum absolute atomic E-state index is 9.59. The van der Waals surface area contributed by atoms with Crippen LogP contribution < -0.4 is 4.90 Å². The average Bonchev–Trinajstić information content (AvgIpc) is 3.54. The Kier molecular flexibility index (Phi) is 4.95. The number of hydrogen-bond donors (Lipinski definition) is 0. The third-order valence-electron chi connectivity index (χ3n) is 7.97. The van der Waals surface area contributed by atoms with Gasteiger partial charge in [0.1, 0.15) is 11.6 Å². The lowest BCUT2D eigenvalue weighted by Gasteiger charge is -2.28. The van der Waals surface area contributed by atoms with Crippen molar-refractivity contribution in [3.05, 3.63) is 139 Å². The van der Waals surface area contributed by atoms with Gasteiger partial charge in [-0.2, -0.15) is 5.26 Å². The molecule has 8 rings (SSSR count). The first-order valence-electron chi connectivity index (χ1n) is 13.4. The monoisotopic (exact) mass is 513 g/mol. The molecule has 0 bridgehead atoms. The molecule has 188 valence electrons. The minimum atomic E-state index is 0.130. The molecule has 0 spiro atoms. The largest absolute Gasteiger partial charge is 0.318 e. The van der Waals surface area contributed by atoms with E-state index < -0.39 is 0 Å². The molecule has 2 aliphatic rings. The molecule has 4 aromatic carbocycles. The molecule has 0 fully saturated rings. The van der Waals surface area contributed by atoms with Crippen molar-refractivity contribution in [3.63, 3.8) is 0 Å². The van der Waals surface area contributed by atoms with Crippen molar-refractivity contribution in [2.45, 2.75) is 12.0 Å². The van der Waals surface area contributed by atoms with Crippen LogP contribution in [0, 0.1) is 11.3 Å². The van der Waals surface area contributed by atoms with Gasteiger partial charge in [0, 0.05) is 34.0 Å². The van der Waals surface area contributed by atoms with E-state index in [9.17, 15) is 5.26 Å². The number of benzene rings is 4. The maximum Gasteiger partial charge on any atom is 0.163 e. The van der Waals surface area contributed by atoms with Crippen molar-refractivity contribution < 1.29 is 0 Å². The maximum atomic E-state index is 9.59. The average molecular weight is 514 g/mol. The van der Waals surface area contributed by atoms with Crippen LogP contribution in [-0.2, 0) is 0 Å². The summed E-state index contributed by atoms with van der Waals surface area (Å²) in [4.78, 5) is 12.7. The second-order valence-electron chi connectivity index (χ2n) is 10.2. The van der Waals surface area contributed by atoms with Crippen molar-refractivity contribution >= 4 is 33.3 Å². The van der Waals surface area contributed by atoms with Crippen LogP contribution in [0.1, 0.15) is 17.0 Å². The molecule has 0 amide bonds. The first kappa shape index (κ1) is 22.5. The zero-order valence-corrected chi connectivity index (χ0v) is 21.5. The van der Waals surface area contributed by atoms with E-state index in [4.69, 9.17) is 9.97 Å².